The number of urea groups is 1. The summed E-state index contributed by atoms with van der Waals surface area (Å²) in [6, 6.07) is 4.40. The Hall–Kier alpha value is -2.51. The number of rotatable bonds is 6. The molecule has 2 rings (SSSR count). The second-order valence-electron chi connectivity index (χ2n) is 5.10. The maximum atomic E-state index is 11.9. The third kappa shape index (κ3) is 5.50. The molecule has 1 aliphatic heterocycles. The van der Waals surface area contributed by atoms with Gasteiger partial charge in [-0.25, -0.2) is 14.4 Å². The molecule has 1 aromatic rings. The van der Waals surface area contributed by atoms with Crippen LogP contribution in [0.15, 0.2) is 35.5 Å². The molecule has 9 heteroatoms. The smallest absolute Gasteiger partial charge is 0.337 e. The van der Waals surface area contributed by atoms with Crippen molar-refractivity contribution in [1.82, 2.24) is 10.6 Å². The second kappa shape index (κ2) is 9.26. The topological polar surface area (TPSA) is 93.7 Å². The van der Waals surface area contributed by atoms with Crippen LogP contribution in [0.3, 0.4) is 0 Å². The number of halogens is 2. The first-order chi connectivity index (χ1) is 12.4. The summed E-state index contributed by atoms with van der Waals surface area (Å²) in [6.07, 6.45) is 2.71. The molecule has 2 N–H and O–H groups in total. The van der Waals surface area contributed by atoms with Crippen LogP contribution in [0.25, 0.3) is 6.08 Å². The van der Waals surface area contributed by atoms with Crippen molar-refractivity contribution < 1.29 is 23.9 Å². The Balaban J connectivity index is 2.01. The fraction of sp³-hybridized carbons (Fsp3) is 0.235. The van der Waals surface area contributed by atoms with E-state index >= 15 is 0 Å². The summed E-state index contributed by atoms with van der Waals surface area (Å²) < 4.78 is 9.99. The van der Waals surface area contributed by atoms with E-state index in [1.165, 1.54) is 12.2 Å². The van der Waals surface area contributed by atoms with Crippen molar-refractivity contribution in [3.05, 3.63) is 51.2 Å². The predicted molar refractivity (Wildman–Crippen MR) is 96.6 cm³/mol. The molecule has 0 aromatic heterocycles. The van der Waals surface area contributed by atoms with Gasteiger partial charge in [-0.05, 0) is 30.7 Å². The van der Waals surface area contributed by atoms with Crippen LogP contribution in [0.4, 0.5) is 4.79 Å². The summed E-state index contributed by atoms with van der Waals surface area (Å²) in [7, 11) is 0. The molecule has 0 atom stereocenters. The number of carbonyl (C=O) groups is 3. The van der Waals surface area contributed by atoms with E-state index in [2.05, 4.69) is 10.6 Å². The van der Waals surface area contributed by atoms with Crippen molar-refractivity contribution >= 4 is 47.2 Å². The molecule has 7 nitrogen and oxygen atoms in total. The van der Waals surface area contributed by atoms with Gasteiger partial charge in [-0.2, -0.15) is 0 Å². The zero-order valence-corrected chi connectivity index (χ0v) is 15.3. The largest absolute Gasteiger partial charge is 0.463 e. The lowest BCUT2D eigenvalue weighted by Crippen LogP contribution is -2.45. The van der Waals surface area contributed by atoms with Gasteiger partial charge in [-0.15, -0.1) is 0 Å². The fourth-order valence-electron chi connectivity index (χ4n) is 2.04. The quantitative estimate of drug-likeness (QED) is 0.567. The molecule has 0 fully saturated rings. The average Bonchev–Trinajstić information content (AvgIpc) is 2.61. The van der Waals surface area contributed by atoms with Gasteiger partial charge in [0.1, 0.15) is 6.61 Å². The summed E-state index contributed by atoms with van der Waals surface area (Å²) in [5, 5.41) is 5.68. The van der Waals surface area contributed by atoms with E-state index in [0.29, 0.717) is 15.6 Å². The van der Waals surface area contributed by atoms with Gasteiger partial charge in [0.25, 0.3) is 0 Å². The highest BCUT2D eigenvalue weighted by Crippen LogP contribution is 2.23. The zero-order chi connectivity index (χ0) is 19.1. The molecule has 0 radical (unpaired) electrons. The van der Waals surface area contributed by atoms with Crippen LogP contribution < -0.4 is 10.6 Å². The molecule has 2 amide bonds. The second-order valence-corrected chi connectivity index (χ2v) is 5.91. The first-order valence-electron chi connectivity index (χ1n) is 7.64. The molecule has 26 heavy (non-hydrogen) atoms. The molecule has 1 aliphatic rings. The van der Waals surface area contributed by atoms with Crippen LogP contribution in [0.5, 0.6) is 0 Å². The molecule has 0 spiro atoms. The molecule has 0 saturated heterocycles. The van der Waals surface area contributed by atoms with Crippen LogP contribution in [0.1, 0.15) is 12.5 Å². The van der Waals surface area contributed by atoms with Crippen molar-refractivity contribution in [2.75, 3.05) is 19.8 Å². The first-order valence-corrected chi connectivity index (χ1v) is 8.40. The molecular weight excluding hydrogens is 383 g/mol. The van der Waals surface area contributed by atoms with Crippen molar-refractivity contribution in [3.63, 3.8) is 0 Å². The molecule has 0 saturated carbocycles. The lowest BCUT2D eigenvalue weighted by atomic mass is 10.1. The standard InChI is InChI=1S/C17H16Cl2N2O5/c1-2-25-16(23)11-8-20-17(24)21-14(11)9-26-15(22)6-4-10-3-5-12(18)13(19)7-10/h3-7H,2,8-9H2,1H3,(H2,20,21,24)/b6-4+. The van der Waals surface area contributed by atoms with Gasteiger partial charge in [-0.1, -0.05) is 29.3 Å². The van der Waals surface area contributed by atoms with Crippen molar-refractivity contribution in [3.8, 4) is 0 Å². The number of benzene rings is 1. The summed E-state index contributed by atoms with van der Waals surface area (Å²) in [5.74, 6) is -1.24. The average molecular weight is 399 g/mol. The minimum absolute atomic E-state index is 0.00331. The van der Waals surface area contributed by atoms with E-state index in [1.807, 2.05) is 0 Å². The van der Waals surface area contributed by atoms with Crippen LogP contribution in [0, 0.1) is 0 Å². The van der Waals surface area contributed by atoms with Gasteiger partial charge >= 0.3 is 18.0 Å². The van der Waals surface area contributed by atoms with Gasteiger partial charge in [-0.3, -0.25) is 0 Å². The van der Waals surface area contributed by atoms with Crippen LogP contribution in [0.2, 0.25) is 10.0 Å². The lowest BCUT2D eigenvalue weighted by Gasteiger charge is -2.20. The first kappa shape index (κ1) is 19.8. The third-order valence-electron chi connectivity index (χ3n) is 3.29. The van der Waals surface area contributed by atoms with E-state index in [0.717, 1.165) is 0 Å². The minimum atomic E-state index is -0.653. The summed E-state index contributed by atoms with van der Waals surface area (Å²) in [4.78, 5) is 35.2. The predicted octanol–water partition coefficient (Wildman–Crippen LogP) is 2.68. The normalized spacial score (nSPS) is 14.0. The van der Waals surface area contributed by atoms with Gasteiger partial charge < -0.3 is 20.1 Å². The number of esters is 2. The molecule has 0 bridgehead atoms. The van der Waals surface area contributed by atoms with Crippen molar-refractivity contribution in [2.45, 2.75) is 6.92 Å². The van der Waals surface area contributed by atoms with E-state index in [9.17, 15) is 14.4 Å². The highest BCUT2D eigenvalue weighted by atomic mass is 35.5. The van der Waals surface area contributed by atoms with E-state index in [4.69, 9.17) is 32.7 Å². The van der Waals surface area contributed by atoms with Gasteiger partial charge in [0.05, 0.1) is 34.5 Å². The Morgan fingerprint density at radius 1 is 1.23 bits per heavy atom. The Labute approximate surface area is 159 Å². The fourth-order valence-corrected chi connectivity index (χ4v) is 2.35. The highest BCUT2D eigenvalue weighted by Gasteiger charge is 2.24. The van der Waals surface area contributed by atoms with Crippen LogP contribution in [-0.2, 0) is 19.1 Å². The van der Waals surface area contributed by atoms with Gasteiger partial charge in [0.15, 0.2) is 0 Å². The Morgan fingerprint density at radius 3 is 2.69 bits per heavy atom. The molecule has 0 unspecified atom stereocenters. The third-order valence-corrected chi connectivity index (χ3v) is 4.03. The van der Waals surface area contributed by atoms with Gasteiger partial charge in [0, 0.05) is 6.08 Å². The maximum absolute atomic E-state index is 11.9. The monoisotopic (exact) mass is 398 g/mol. The number of hydrogen-bond acceptors (Lipinski definition) is 5. The Bertz CT molecular complexity index is 789. The van der Waals surface area contributed by atoms with Crippen molar-refractivity contribution in [1.29, 1.82) is 0 Å². The van der Waals surface area contributed by atoms with E-state index < -0.39 is 18.0 Å². The number of ether oxygens (including phenoxy) is 2. The number of amides is 2. The molecule has 138 valence electrons. The summed E-state index contributed by atoms with van der Waals surface area (Å²) in [5.41, 5.74) is 1.05. The summed E-state index contributed by atoms with van der Waals surface area (Å²) >= 11 is 11.7. The van der Waals surface area contributed by atoms with Crippen molar-refractivity contribution in [2.24, 2.45) is 0 Å². The van der Waals surface area contributed by atoms with Gasteiger partial charge in [0.2, 0.25) is 0 Å². The number of carbonyl (C=O) groups excluding carboxylic acids is 3. The molecule has 1 aromatic carbocycles. The SMILES string of the molecule is CCOC(=O)C1=C(COC(=O)/C=C/c2ccc(Cl)c(Cl)c2)NC(=O)NC1. The Morgan fingerprint density at radius 2 is 2.00 bits per heavy atom. The van der Waals surface area contributed by atoms with E-state index in [1.54, 1.807) is 25.1 Å². The number of hydrogen-bond donors (Lipinski definition) is 2. The van der Waals surface area contributed by atoms with Crippen LogP contribution in [-0.4, -0.2) is 37.7 Å². The highest BCUT2D eigenvalue weighted by molar-refractivity contribution is 6.42. The van der Waals surface area contributed by atoms with Crippen LogP contribution >= 0.6 is 23.2 Å². The van der Waals surface area contributed by atoms with E-state index in [-0.39, 0.29) is 31.0 Å². The minimum Gasteiger partial charge on any atom is -0.463 e. The molecule has 1 heterocycles. The molecular formula is C17H16Cl2N2O5. The molecule has 0 aliphatic carbocycles. The number of nitrogens with one attached hydrogen (secondary N) is 2. The Kier molecular flexibility index (Phi) is 7.06. The zero-order valence-electron chi connectivity index (χ0n) is 13.8. The maximum Gasteiger partial charge on any atom is 0.337 e. The lowest BCUT2D eigenvalue weighted by molar-refractivity contribution is -0.140. The summed E-state index contributed by atoms with van der Waals surface area (Å²) in [6.45, 7) is 1.58.